The molecule has 1 aromatic rings. The molecule has 0 fully saturated rings. The molecule has 0 aliphatic carbocycles. The highest BCUT2D eigenvalue weighted by molar-refractivity contribution is 7.89. The molecular formula is C12H23N3O3S. The lowest BCUT2D eigenvalue weighted by Crippen LogP contribution is -2.24. The summed E-state index contributed by atoms with van der Waals surface area (Å²) in [6.07, 6.45) is 5.68. The molecule has 0 bridgehead atoms. The van der Waals surface area contributed by atoms with Gasteiger partial charge in [0.2, 0.25) is 10.0 Å². The highest BCUT2D eigenvalue weighted by Gasteiger charge is 2.15. The average Bonchev–Trinajstić information content (AvgIpc) is 2.78. The number of unbranched alkanes of at least 4 members (excludes halogenated alkanes) is 1. The highest BCUT2D eigenvalue weighted by Crippen LogP contribution is 2.08. The standard InChI is InChI=1S/C12H23N3O3S/c1-11(2)5-3-4-6-14-19(17,18)12-9-13-15(10-12)7-8-16/h9-11,14,16H,3-8H2,1-2H3. The summed E-state index contributed by atoms with van der Waals surface area (Å²) in [5, 5.41) is 12.6. The summed E-state index contributed by atoms with van der Waals surface area (Å²) < 4.78 is 27.8. The number of nitrogens with one attached hydrogen (secondary N) is 1. The maximum absolute atomic E-state index is 11.9. The van der Waals surface area contributed by atoms with E-state index >= 15 is 0 Å². The second-order valence-electron chi connectivity index (χ2n) is 4.95. The molecule has 7 heteroatoms. The molecule has 0 radical (unpaired) electrons. The Kier molecular flexibility index (Phi) is 6.47. The van der Waals surface area contributed by atoms with Crippen LogP contribution in [-0.2, 0) is 16.6 Å². The largest absolute Gasteiger partial charge is 0.394 e. The van der Waals surface area contributed by atoms with Gasteiger partial charge in [-0.15, -0.1) is 0 Å². The van der Waals surface area contributed by atoms with Crippen LogP contribution in [0.25, 0.3) is 0 Å². The van der Waals surface area contributed by atoms with Gasteiger partial charge in [0.05, 0.1) is 19.3 Å². The van der Waals surface area contributed by atoms with Gasteiger partial charge in [-0.05, 0) is 12.3 Å². The topological polar surface area (TPSA) is 84.2 Å². The summed E-state index contributed by atoms with van der Waals surface area (Å²) in [5.74, 6) is 0.647. The summed E-state index contributed by atoms with van der Waals surface area (Å²) in [6.45, 7) is 4.98. The minimum absolute atomic E-state index is 0.0657. The summed E-state index contributed by atoms with van der Waals surface area (Å²) in [7, 11) is -3.47. The molecule has 0 spiro atoms. The van der Waals surface area contributed by atoms with Gasteiger partial charge in [-0.2, -0.15) is 5.10 Å². The fraction of sp³-hybridized carbons (Fsp3) is 0.750. The van der Waals surface area contributed by atoms with Crippen LogP contribution in [0.15, 0.2) is 17.3 Å². The zero-order chi connectivity index (χ0) is 14.3. The first kappa shape index (κ1) is 16.1. The van der Waals surface area contributed by atoms with Crippen molar-refractivity contribution in [3.63, 3.8) is 0 Å². The molecule has 0 aliphatic heterocycles. The number of nitrogens with zero attached hydrogens (tertiary/aromatic N) is 2. The van der Waals surface area contributed by atoms with Crippen LogP contribution in [0.4, 0.5) is 0 Å². The van der Waals surface area contributed by atoms with Crippen LogP contribution in [-0.4, -0.2) is 36.5 Å². The van der Waals surface area contributed by atoms with Crippen LogP contribution < -0.4 is 4.72 Å². The Labute approximate surface area is 114 Å². The first-order valence-electron chi connectivity index (χ1n) is 6.58. The van der Waals surface area contributed by atoms with Gasteiger partial charge >= 0.3 is 0 Å². The number of sulfonamides is 1. The molecule has 0 saturated heterocycles. The fourth-order valence-corrected chi connectivity index (χ4v) is 2.70. The maximum atomic E-state index is 11.9. The van der Waals surface area contributed by atoms with E-state index < -0.39 is 10.0 Å². The number of aromatic nitrogens is 2. The molecule has 6 nitrogen and oxygen atoms in total. The van der Waals surface area contributed by atoms with Gasteiger partial charge in [-0.3, -0.25) is 4.68 Å². The van der Waals surface area contributed by atoms with Crippen LogP contribution in [0.2, 0.25) is 0 Å². The van der Waals surface area contributed by atoms with E-state index in [0.717, 1.165) is 19.3 Å². The normalized spacial score (nSPS) is 12.2. The smallest absolute Gasteiger partial charge is 0.243 e. The zero-order valence-electron chi connectivity index (χ0n) is 11.5. The fourth-order valence-electron chi connectivity index (χ4n) is 1.68. The number of hydrogen-bond acceptors (Lipinski definition) is 4. The van der Waals surface area contributed by atoms with E-state index in [1.54, 1.807) is 0 Å². The van der Waals surface area contributed by atoms with Gasteiger partial charge in [-0.25, -0.2) is 13.1 Å². The van der Waals surface area contributed by atoms with Crippen molar-refractivity contribution in [3.05, 3.63) is 12.4 Å². The summed E-state index contributed by atoms with van der Waals surface area (Å²) >= 11 is 0. The second kappa shape index (κ2) is 7.62. The minimum atomic E-state index is -3.47. The Balaban J connectivity index is 2.42. The molecule has 0 aliphatic rings. The molecule has 0 atom stereocenters. The van der Waals surface area contributed by atoms with E-state index in [1.165, 1.54) is 17.1 Å². The van der Waals surface area contributed by atoms with Crippen molar-refractivity contribution < 1.29 is 13.5 Å². The van der Waals surface area contributed by atoms with Crippen LogP contribution in [0.5, 0.6) is 0 Å². The van der Waals surface area contributed by atoms with Gasteiger partial charge in [0.1, 0.15) is 4.90 Å². The van der Waals surface area contributed by atoms with Gasteiger partial charge in [0.25, 0.3) is 0 Å². The number of hydrogen-bond donors (Lipinski definition) is 2. The van der Waals surface area contributed by atoms with E-state index in [0.29, 0.717) is 19.0 Å². The molecule has 0 aromatic carbocycles. The van der Waals surface area contributed by atoms with Gasteiger partial charge in [-0.1, -0.05) is 26.7 Å². The van der Waals surface area contributed by atoms with Crippen LogP contribution in [0.3, 0.4) is 0 Å². The van der Waals surface area contributed by atoms with Crippen molar-refractivity contribution in [3.8, 4) is 0 Å². The third-order valence-electron chi connectivity index (χ3n) is 2.75. The van der Waals surface area contributed by atoms with Gasteiger partial charge in [0.15, 0.2) is 0 Å². The summed E-state index contributed by atoms with van der Waals surface area (Å²) in [6, 6.07) is 0. The SMILES string of the molecule is CC(C)CCCCNS(=O)(=O)c1cnn(CCO)c1. The predicted molar refractivity (Wildman–Crippen MR) is 73.2 cm³/mol. The highest BCUT2D eigenvalue weighted by atomic mass is 32.2. The quantitative estimate of drug-likeness (QED) is 0.664. The average molecular weight is 289 g/mol. The van der Waals surface area contributed by atoms with Crippen molar-refractivity contribution in [1.82, 2.24) is 14.5 Å². The van der Waals surface area contributed by atoms with Crippen molar-refractivity contribution >= 4 is 10.0 Å². The number of aliphatic hydroxyl groups excluding tert-OH is 1. The third kappa shape index (κ3) is 5.71. The van der Waals surface area contributed by atoms with E-state index in [2.05, 4.69) is 23.7 Å². The lowest BCUT2D eigenvalue weighted by atomic mass is 10.1. The molecule has 0 saturated carbocycles. The molecule has 0 amide bonds. The lowest BCUT2D eigenvalue weighted by molar-refractivity contribution is 0.269. The lowest BCUT2D eigenvalue weighted by Gasteiger charge is -2.06. The van der Waals surface area contributed by atoms with Crippen LogP contribution >= 0.6 is 0 Å². The molecule has 0 unspecified atom stereocenters. The predicted octanol–water partition coefficient (Wildman–Crippen LogP) is 0.980. The van der Waals surface area contributed by atoms with Gasteiger partial charge < -0.3 is 5.11 Å². The molecule has 2 N–H and O–H groups in total. The van der Waals surface area contributed by atoms with Crippen molar-refractivity contribution in [2.75, 3.05) is 13.2 Å². The maximum Gasteiger partial charge on any atom is 0.243 e. The summed E-state index contributed by atoms with van der Waals surface area (Å²) in [4.78, 5) is 0.143. The molecule has 1 aromatic heterocycles. The first-order valence-corrected chi connectivity index (χ1v) is 8.07. The Morgan fingerprint density at radius 3 is 2.79 bits per heavy atom. The molecule has 1 rings (SSSR count). The Morgan fingerprint density at radius 1 is 1.42 bits per heavy atom. The molecule has 19 heavy (non-hydrogen) atoms. The second-order valence-corrected chi connectivity index (χ2v) is 6.72. The van der Waals surface area contributed by atoms with Crippen molar-refractivity contribution in [2.45, 2.75) is 44.6 Å². The monoisotopic (exact) mass is 289 g/mol. The minimum Gasteiger partial charge on any atom is -0.394 e. The molecular weight excluding hydrogens is 266 g/mol. The van der Waals surface area contributed by atoms with E-state index in [1.807, 2.05) is 0 Å². The first-order chi connectivity index (χ1) is 8.95. The van der Waals surface area contributed by atoms with Crippen molar-refractivity contribution in [1.29, 1.82) is 0 Å². The van der Waals surface area contributed by atoms with Gasteiger partial charge in [0, 0.05) is 12.7 Å². The number of aliphatic hydroxyl groups is 1. The number of rotatable bonds is 9. The molecule has 110 valence electrons. The summed E-state index contributed by atoms with van der Waals surface area (Å²) in [5.41, 5.74) is 0. The van der Waals surface area contributed by atoms with E-state index in [-0.39, 0.29) is 11.5 Å². The van der Waals surface area contributed by atoms with Crippen molar-refractivity contribution in [2.24, 2.45) is 5.92 Å². The van der Waals surface area contributed by atoms with Crippen LogP contribution in [0.1, 0.15) is 33.1 Å². The van der Waals surface area contributed by atoms with E-state index in [9.17, 15) is 8.42 Å². The Hall–Kier alpha value is -0.920. The Bertz CT molecular complexity index is 468. The third-order valence-corrected chi connectivity index (χ3v) is 4.16. The van der Waals surface area contributed by atoms with E-state index in [4.69, 9.17) is 5.11 Å². The van der Waals surface area contributed by atoms with Crippen LogP contribution in [0, 0.1) is 5.92 Å². The zero-order valence-corrected chi connectivity index (χ0v) is 12.4. The molecule has 1 heterocycles. The Morgan fingerprint density at radius 2 is 2.16 bits per heavy atom.